The smallest absolute Gasteiger partial charge is 0.326 e. The third-order valence-electron chi connectivity index (χ3n) is 2.72. The molecule has 1 rings (SSSR count). The van der Waals surface area contributed by atoms with E-state index < -0.39 is 23.9 Å². The van der Waals surface area contributed by atoms with Crippen LogP contribution in [0.25, 0.3) is 0 Å². The van der Waals surface area contributed by atoms with Gasteiger partial charge in [0.25, 0.3) is 0 Å². The first-order valence-corrected chi connectivity index (χ1v) is 6.02. The number of carbonyl (C=O) groups is 3. The summed E-state index contributed by atoms with van der Waals surface area (Å²) in [5.41, 5.74) is 5.60. The number of carbonyl (C=O) groups excluding carboxylic acids is 2. The maximum atomic E-state index is 11.9. The lowest BCUT2D eigenvalue weighted by Gasteiger charge is -2.21. The number of amides is 3. The Labute approximate surface area is 116 Å². The second-order valence-corrected chi connectivity index (χ2v) is 4.24. The van der Waals surface area contributed by atoms with E-state index in [0.29, 0.717) is 5.69 Å². The number of rotatable bonds is 6. The van der Waals surface area contributed by atoms with Crippen molar-refractivity contribution >= 4 is 23.6 Å². The zero-order chi connectivity index (χ0) is 15.1. The molecule has 0 fully saturated rings. The molecule has 0 saturated carbocycles. The Morgan fingerprint density at radius 3 is 2.40 bits per heavy atom. The number of hydrogen-bond donors (Lipinski definition) is 3. The maximum Gasteiger partial charge on any atom is 0.326 e. The fourth-order valence-corrected chi connectivity index (χ4v) is 1.56. The van der Waals surface area contributed by atoms with Crippen LogP contribution in [0.1, 0.15) is 12.8 Å². The molecule has 1 aromatic carbocycles. The van der Waals surface area contributed by atoms with Crippen molar-refractivity contribution in [2.45, 2.75) is 18.9 Å². The van der Waals surface area contributed by atoms with E-state index in [1.54, 1.807) is 24.3 Å². The summed E-state index contributed by atoms with van der Waals surface area (Å²) < 4.78 is 0. The zero-order valence-electron chi connectivity index (χ0n) is 11.1. The van der Waals surface area contributed by atoms with Crippen LogP contribution in [0.15, 0.2) is 30.3 Å². The van der Waals surface area contributed by atoms with Crippen molar-refractivity contribution in [3.05, 3.63) is 30.3 Å². The fourth-order valence-electron chi connectivity index (χ4n) is 1.56. The zero-order valence-corrected chi connectivity index (χ0v) is 11.1. The van der Waals surface area contributed by atoms with Crippen molar-refractivity contribution in [2.24, 2.45) is 5.73 Å². The molecule has 1 aromatic rings. The molecule has 0 aliphatic rings. The second kappa shape index (κ2) is 7.13. The van der Waals surface area contributed by atoms with Gasteiger partial charge in [-0.15, -0.1) is 0 Å². The van der Waals surface area contributed by atoms with E-state index in [1.165, 1.54) is 11.9 Å². The van der Waals surface area contributed by atoms with Gasteiger partial charge in [-0.05, 0) is 18.6 Å². The molecule has 1 atom stereocenters. The van der Waals surface area contributed by atoms with E-state index in [4.69, 9.17) is 10.8 Å². The number of nitrogens with zero attached hydrogens (tertiary/aromatic N) is 1. The van der Waals surface area contributed by atoms with Gasteiger partial charge < -0.3 is 16.2 Å². The number of benzene rings is 1. The SMILES string of the molecule is CN(C(=O)NC(CCC(N)=O)C(=O)O)c1ccccc1. The van der Waals surface area contributed by atoms with Crippen LogP contribution in [0.2, 0.25) is 0 Å². The van der Waals surface area contributed by atoms with Crippen molar-refractivity contribution in [3.63, 3.8) is 0 Å². The summed E-state index contributed by atoms with van der Waals surface area (Å²) >= 11 is 0. The molecule has 0 saturated heterocycles. The highest BCUT2D eigenvalue weighted by atomic mass is 16.4. The van der Waals surface area contributed by atoms with Crippen LogP contribution >= 0.6 is 0 Å². The van der Waals surface area contributed by atoms with Gasteiger partial charge in [0.15, 0.2) is 0 Å². The molecule has 4 N–H and O–H groups in total. The summed E-state index contributed by atoms with van der Waals surface area (Å²) in [5.74, 6) is -1.82. The number of carboxylic acid groups (broad SMARTS) is 1. The second-order valence-electron chi connectivity index (χ2n) is 4.24. The predicted molar refractivity (Wildman–Crippen MR) is 73.2 cm³/mol. The van der Waals surface area contributed by atoms with Gasteiger partial charge in [0.2, 0.25) is 5.91 Å². The third kappa shape index (κ3) is 4.60. The topological polar surface area (TPSA) is 113 Å². The molecule has 20 heavy (non-hydrogen) atoms. The Morgan fingerprint density at radius 1 is 1.30 bits per heavy atom. The average Bonchev–Trinajstić information content (AvgIpc) is 2.42. The molecule has 0 radical (unpaired) electrons. The van der Waals surface area contributed by atoms with Crippen molar-refractivity contribution in [1.29, 1.82) is 0 Å². The Morgan fingerprint density at radius 2 is 1.90 bits per heavy atom. The molecular formula is C13H17N3O4. The summed E-state index contributed by atoms with van der Waals surface area (Å²) in [6, 6.07) is 7.07. The Hall–Kier alpha value is -2.57. The monoisotopic (exact) mass is 279 g/mol. The van der Waals surface area contributed by atoms with Crippen molar-refractivity contribution in [3.8, 4) is 0 Å². The molecule has 0 bridgehead atoms. The molecule has 0 aromatic heterocycles. The predicted octanol–water partition coefficient (Wildman–Crippen LogP) is 0.551. The van der Waals surface area contributed by atoms with Crippen LogP contribution in [-0.2, 0) is 9.59 Å². The molecule has 1 unspecified atom stereocenters. The van der Waals surface area contributed by atoms with Crippen molar-refractivity contribution in [2.75, 3.05) is 11.9 Å². The highest BCUT2D eigenvalue weighted by molar-refractivity contribution is 5.94. The first kappa shape index (κ1) is 15.5. The van der Waals surface area contributed by atoms with Crippen LogP contribution in [0.5, 0.6) is 0 Å². The standard InChI is InChI=1S/C13H17N3O4/c1-16(9-5-3-2-4-6-9)13(20)15-10(12(18)19)7-8-11(14)17/h2-6,10H,7-8H2,1H3,(H2,14,17)(H,15,20)(H,18,19). The lowest BCUT2D eigenvalue weighted by Crippen LogP contribution is -2.47. The third-order valence-corrected chi connectivity index (χ3v) is 2.72. The van der Waals surface area contributed by atoms with E-state index in [9.17, 15) is 14.4 Å². The van der Waals surface area contributed by atoms with Crippen LogP contribution in [0.3, 0.4) is 0 Å². The van der Waals surface area contributed by atoms with Crippen molar-refractivity contribution < 1.29 is 19.5 Å². The van der Waals surface area contributed by atoms with Crippen LogP contribution in [0, 0.1) is 0 Å². The first-order chi connectivity index (χ1) is 9.41. The fraction of sp³-hybridized carbons (Fsp3) is 0.308. The number of urea groups is 1. The molecule has 108 valence electrons. The Balaban J connectivity index is 2.66. The number of carboxylic acids is 1. The van der Waals surface area contributed by atoms with E-state index in [2.05, 4.69) is 5.32 Å². The largest absolute Gasteiger partial charge is 0.480 e. The van der Waals surface area contributed by atoms with Gasteiger partial charge in [-0.2, -0.15) is 0 Å². The highest BCUT2D eigenvalue weighted by Gasteiger charge is 2.22. The molecular weight excluding hydrogens is 262 g/mol. The minimum Gasteiger partial charge on any atom is -0.480 e. The maximum absolute atomic E-state index is 11.9. The van der Waals surface area contributed by atoms with Gasteiger partial charge in [0.1, 0.15) is 6.04 Å². The van der Waals surface area contributed by atoms with E-state index in [-0.39, 0.29) is 12.8 Å². The van der Waals surface area contributed by atoms with Gasteiger partial charge in [-0.3, -0.25) is 9.69 Å². The van der Waals surface area contributed by atoms with Crippen LogP contribution < -0.4 is 16.0 Å². The summed E-state index contributed by atoms with van der Waals surface area (Å²) in [4.78, 5) is 34.9. The number of anilines is 1. The number of hydrogen-bond acceptors (Lipinski definition) is 3. The quantitative estimate of drug-likeness (QED) is 0.705. The minimum absolute atomic E-state index is 0.0426. The van der Waals surface area contributed by atoms with Crippen LogP contribution in [0.4, 0.5) is 10.5 Å². The number of aliphatic carboxylic acids is 1. The molecule has 0 heterocycles. The Kier molecular flexibility index (Phi) is 5.52. The van der Waals surface area contributed by atoms with Crippen LogP contribution in [-0.4, -0.2) is 36.1 Å². The molecule has 0 spiro atoms. The number of nitrogens with one attached hydrogen (secondary N) is 1. The molecule has 0 aliphatic heterocycles. The van der Waals surface area contributed by atoms with Gasteiger partial charge in [0.05, 0.1) is 0 Å². The molecule has 3 amide bonds. The lowest BCUT2D eigenvalue weighted by molar-refractivity contribution is -0.139. The number of nitrogens with two attached hydrogens (primary N) is 1. The number of primary amides is 1. The molecule has 0 aliphatic carbocycles. The van der Waals surface area contributed by atoms with E-state index in [1.807, 2.05) is 6.07 Å². The lowest BCUT2D eigenvalue weighted by atomic mass is 10.1. The van der Waals surface area contributed by atoms with E-state index in [0.717, 1.165) is 0 Å². The summed E-state index contributed by atoms with van der Waals surface area (Å²) in [7, 11) is 1.53. The minimum atomic E-state index is -1.21. The summed E-state index contributed by atoms with van der Waals surface area (Å²) in [6.07, 6.45) is -0.147. The summed E-state index contributed by atoms with van der Waals surface area (Å²) in [6.45, 7) is 0. The highest BCUT2D eigenvalue weighted by Crippen LogP contribution is 2.11. The Bertz CT molecular complexity index is 490. The normalized spacial score (nSPS) is 11.4. The van der Waals surface area contributed by atoms with E-state index >= 15 is 0 Å². The van der Waals surface area contributed by atoms with Gasteiger partial charge in [-0.25, -0.2) is 9.59 Å². The summed E-state index contributed by atoms with van der Waals surface area (Å²) in [5, 5.41) is 11.4. The first-order valence-electron chi connectivity index (χ1n) is 6.02. The molecule has 7 nitrogen and oxygen atoms in total. The number of para-hydroxylation sites is 1. The molecule has 7 heteroatoms. The van der Waals surface area contributed by atoms with Gasteiger partial charge in [-0.1, -0.05) is 18.2 Å². The van der Waals surface area contributed by atoms with Crippen molar-refractivity contribution in [1.82, 2.24) is 5.32 Å². The average molecular weight is 279 g/mol. The van der Waals surface area contributed by atoms with Gasteiger partial charge in [0, 0.05) is 19.2 Å². The van der Waals surface area contributed by atoms with Gasteiger partial charge >= 0.3 is 12.0 Å².